The van der Waals surface area contributed by atoms with Crippen molar-refractivity contribution in [2.24, 2.45) is 5.73 Å². The van der Waals surface area contributed by atoms with E-state index in [1.54, 1.807) is 14.2 Å². The van der Waals surface area contributed by atoms with E-state index in [1.165, 1.54) is 0 Å². The zero-order valence-electron chi connectivity index (χ0n) is 16.2. The molecular formula is C14H37N2Na3O8Si. The Bertz CT molecular complexity index is 325. The molecule has 1 atom stereocenters. The molecule has 0 amide bonds. The van der Waals surface area contributed by atoms with Crippen molar-refractivity contribution in [2.75, 3.05) is 27.3 Å². The second-order valence-electron chi connectivity index (χ2n) is 4.68. The van der Waals surface area contributed by atoms with Gasteiger partial charge in [0.15, 0.2) is 0 Å². The molecule has 0 fully saturated rings. The van der Waals surface area contributed by atoms with Gasteiger partial charge in [-0.15, -0.1) is 0 Å². The van der Waals surface area contributed by atoms with Crippen LogP contribution in [0, 0.1) is 0 Å². The van der Waals surface area contributed by atoms with Gasteiger partial charge in [-0.2, -0.15) is 0 Å². The Morgan fingerprint density at radius 3 is 1.32 bits per heavy atom. The van der Waals surface area contributed by atoms with Crippen LogP contribution in [0.15, 0.2) is 0 Å². The quantitative estimate of drug-likeness (QED) is 0.284. The summed E-state index contributed by atoms with van der Waals surface area (Å²) in [6, 6.07) is 0. The van der Waals surface area contributed by atoms with Gasteiger partial charge in [0.2, 0.25) is 0 Å². The Hall–Kier alpha value is 1.47. The summed E-state index contributed by atoms with van der Waals surface area (Å²) in [5.41, 5.74) is 5.74. The van der Waals surface area contributed by atoms with Crippen LogP contribution in [0.1, 0.15) is 34.1 Å². The summed E-state index contributed by atoms with van der Waals surface area (Å²) in [6.07, 6.45) is 1.00. The van der Waals surface area contributed by atoms with Gasteiger partial charge in [0.25, 0.3) is 17.9 Å². The summed E-state index contributed by atoms with van der Waals surface area (Å²) < 4.78 is 10.9. The summed E-state index contributed by atoms with van der Waals surface area (Å²) in [4.78, 5) is 27.0. The number of hydrogen-bond acceptors (Lipinski definition) is 7. The first kappa shape index (κ1) is 47.3. The molecule has 0 aliphatic rings. The summed E-state index contributed by atoms with van der Waals surface area (Å²) in [6.45, 7) is 8.89. The average Bonchev–Trinajstić information content (AvgIpc) is 2.45. The normalized spacial score (nSPS) is 9.43. The van der Waals surface area contributed by atoms with Crippen LogP contribution in [0.2, 0.25) is 6.55 Å². The van der Waals surface area contributed by atoms with Crippen LogP contribution < -0.4 is 11.1 Å². The minimum absolute atomic E-state index is 0. The number of aliphatic carboxylic acids is 3. The molecule has 0 saturated heterocycles. The summed E-state index contributed by atoms with van der Waals surface area (Å²) in [5, 5.41) is 25.6. The van der Waals surface area contributed by atoms with E-state index in [-0.39, 0.29) is 88.7 Å². The van der Waals surface area contributed by atoms with Crippen LogP contribution in [-0.2, 0) is 23.2 Å². The summed E-state index contributed by atoms with van der Waals surface area (Å²) in [5.74, 6) is -2.50. The van der Waals surface area contributed by atoms with Gasteiger partial charge in [0.05, 0.1) is 5.67 Å². The van der Waals surface area contributed by atoms with Gasteiger partial charge in [-0.3, -0.25) is 14.4 Å². The molecule has 0 spiro atoms. The monoisotopic (exact) mass is 458 g/mol. The molecule has 0 aromatic rings. The Balaban J connectivity index is -0.0000000493. The number of hydrogen-bond donors (Lipinski definition) is 5. The first-order chi connectivity index (χ1) is 11.3. The fraction of sp³-hybridized carbons (Fsp3) is 0.786. The Morgan fingerprint density at radius 1 is 0.929 bits per heavy atom. The van der Waals surface area contributed by atoms with E-state index in [0.29, 0.717) is 12.2 Å². The first-order valence-corrected chi connectivity index (χ1v) is 9.86. The van der Waals surface area contributed by atoms with E-state index >= 15 is 0 Å². The maximum atomic E-state index is 9.00. The van der Waals surface area contributed by atoms with Crippen molar-refractivity contribution in [1.82, 2.24) is 5.32 Å². The second kappa shape index (κ2) is 33.1. The fourth-order valence-electron chi connectivity index (χ4n) is 1.33. The number of carboxylic acid groups (broad SMARTS) is 3. The van der Waals surface area contributed by atoms with E-state index in [0.717, 1.165) is 33.7 Å². The van der Waals surface area contributed by atoms with Crippen LogP contribution in [0.5, 0.6) is 0 Å². The molecule has 10 nitrogen and oxygen atoms in total. The van der Waals surface area contributed by atoms with Gasteiger partial charge in [-0.1, -0.05) is 6.92 Å². The molecule has 0 bridgehead atoms. The average molecular weight is 459 g/mol. The second-order valence-corrected chi connectivity index (χ2v) is 8.23. The molecule has 0 heterocycles. The summed E-state index contributed by atoms with van der Waals surface area (Å²) in [7, 11) is 1.39. The van der Waals surface area contributed by atoms with Crippen LogP contribution in [0.25, 0.3) is 0 Å². The minimum atomic E-state index is -2.03. The van der Waals surface area contributed by atoms with Crippen LogP contribution in [-0.4, -0.2) is 163 Å². The van der Waals surface area contributed by atoms with Crippen molar-refractivity contribution in [1.29, 1.82) is 0 Å². The molecule has 14 heteroatoms. The van der Waals surface area contributed by atoms with Gasteiger partial charge in [0, 0.05) is 48.1 Å². The van der Waals surface area contributed by atoms with E-state index in [9.17, 15) is 0 Å². The third-order valence-corrected chi connectivity index (χ3v) is 5.89. The molecule has 6 N–H and O–H groups in total. The maximum absolute atomic E-state index is 9.00. The number of nitrogens with one attached hydrogen (secondary N) is 1. The van der Waals surface area contributed by atoms with Gasteiger partial charge < -0.3 is 35.2 Å². The van der Waals surface area contributed by atoms with Crippen LogP contribution >= 0.6 is 0 Å². The van der Waals surface area contributed by atoms with Gasteiger partial charge >= 0.3 is 97.2 Å². The summed E-state index contributed by atoms with van der Waals surface area (Å²) >= 11 is 0. The molecule has 0 aliphatic heterocycles. The molecule has 0 radical (unpaired) electrons. The molecule has 0 saturated carbocycles. The van der Waals surface area contributed by atoms with Crippen molar-refractivity contribution in [3.05, 3.63) is 0 Å². The Morgan fingerprint density at radius 2 is 1.18 bits per heavy atom. The van der Waals surface area contributed by atoms with E-state index in [4.69, 9.17) is 44.3 Å². The number of rotatable bonds is 7. The zero-order valence-corrected chi connectivity index (χ0v) is 17.2. The van der Waals surface area contributed by atoms with E-state index in [1.807, 2.05) is 0 Å². The van der Waals surface area contributed by atoms with Crippen molar-refractivity contribution in [2.45, 2.75) is 46.3 Å². The van der Waals surface area contributed by atoms with E-state index in [2.05, 4.69) is 18.8 Å². The predicted octanol–water partition coefficient (Wildman–Crippen LogP) is -1.46. The van der Waals surface area contributed by atoms with Crippen LogP contribution in [0.4, 0.5) is 0 Å². The molecule has 0 aliphatic carbocycles. The molecule has 1 unspecified atom stereocenters. The molecule has 158 valence electrons. The third-order valence-electron chi connectivity index (χ3n) is 2.39. The number of carboxylic acids is 3. The molecular weight excluding hydrogens is 421 g/mol. The van der Waals surface area contributed by atoms with Crippen LogP contribution in [0.3, 0.4) is 0 Å². The fourth-order valence-corrected chi connectivity index (χ4v) is 3.32. The van der Waals surface area contributed by atoms with Gasteiger partial charge in [0.1, 0.15) is 0 Å². The number of nitrogens with two attached hydrogens (primary N) is 1. The predicted molar refractivity (Wildman–Crippen MR) is 118 cm³/mol. The molecule has 0 rings (SSSR count). The van der Waals surface area contributed by atoms with Crippen molar-refractivity contribution < 1.29 is 38.6 Å². The first-order valence-electron chi connectivity index (χ1n) is 7.46. The van der Waals surface area contributed by atoms with E-state index < -0.39 is 26.5 Å². The molecule has 0 aromatic heterocycles. The topological polar surface area (TPSA) is 168 Å². The van der Waals surface area contributed by atoms with Gasteiger partial charge in [-0.25, -0.2) is 0 Å². The zero-order chi connectivity index (χ0) is 21.1. The SMILES string of the molecule is CC(=O)O.CC(=O)O.CC(=O)O.CCC(NCCN)[Si](C)(OC)OC.[NaH].[NaH].[NaH]. The number of carbonyl (C=O) groups is 3. The van der Waals surface area contributed by atoms with Gasteiger partial charge in [-0.05, 0) is 13.0 Å². The molecule has 0 aromatic carbocycles. The van der Waals surface area contributed by atoms with Crippen molar-refractivity contribution in [3.8, 4) is 0 Å². The van der Waals surface area contributed by atoms with Crippen molar-refractivity contribution >= 4 is 115 Å². The third kappa shape index (κ3) is 50.8. The standard InChI is InChI=1S/C8H22N2O2Si.3C2H4O2.3Na.3H/c1-5-8(10-7-6-9)13(4,11-2)12-3;3*1-2(3)4;;;;;;/h8,10H,5-7,9H2,1-4H3;3*1H3,(H,3,4);;;;;;. The Labute approximate surface area is 235 Å². The van der Waals surface area contributed by atoms with Crippen molar-refractivity contribution in [3.63, 3.8) is 0 Å². The molecule has 28 heavy (non-hydrogen) atoms. The Kier molecular flexibility index (Phi) is 55.9.